The summed E-state index contributed by atoms with van der Waals surface area (Å²) in [6.07, 6.45) is 3.61. The molecule has 1 aliphatic carbocycles. The number of carbonyl (C=O) groups is 1. The zero-order valence-electron chi connectivity index (χ0n) is 21.1. The lowest BCUT2D eigenvalue weighted by Crippen LogP contribution is -2.46. The number of benzene rings is 2. The molecule has 1 saturated heterocycles. The van der Waals surface area contributed by atoms with Crippen molar-refractivity contribution in [3.8, 4) is 5.69 Å². The fraction of sp³-hybridized carbons (Fsp3) is 0.357. The second-order valence-corrected chi connectivity index (χ2v) is 10.1. The average molecular weight is 499 g/mol. The van der Waals surface area contributed by atoms with Crippen LogP contribution in [-0.4, -0.2) is 57.7 Å². The zero-order valence-corrected chi connectivity index (χ0v) is 21.1. The van der Waals surface area contributed by atoms with Crippen molar-refractivity contribution in [1.29, 1.82) is 0 Å². The molecular weight excluding hydrogens is 468 g/mol. The lowest BCUT2D eigenvalue weighted by atomic mass is 10.1. The highest BCUT2D eigenvalue weighted by atomic mass is 16.5. The molecule has 190 valence electrons. The van der Waals surface area contributed by atoms with Crippen LogP contribution in [0.3, 0.4) is 0 Å². The molecule has 0 spiro atoms. The lowest BCUT2D eigenvalue weighted by molar-refractivity contribution is 0.0951. The van der Waals surface area contributed by atoms with E-state index in [-0.39, 0.29) is 17.5 Å². The van der Waals surface area contributed by atoms with Gasteiger partial charge in [-0.25, -0.2) is 4.98 Å². The third-order valence-corrected chi connectivity index (χ3v) is 7.18. The van der Waals surface area contributed by atoms with E-state index in [0.29, 0.717) is 22.2 Å². The van der Waals surface area contributed by atoms with Crippen LogP contribution in [0.2, 0.25) is 0 Å². The summed E-state index contributed by atoms with van der Waals surface area (Å²) in [5.41, 5.74) is 4.60. The van der Waals surface area contributed by atoms with Gasteiger partial charge in [0, 0.05) is 56.1 Å². The number of aromatic nitrogens is 3. The molecule has 0 bridgehead atoms. The zero-order chi connectivity index (χ0) is 25.5. The van der Waals surface area contributed by atoms with Crippen LogP contribution in [0.15, 0.2) is 58.1 Å². The van der Waals surface area contributed by atoms with Gasteiger partial charge in [0.25, 0.3) is 11.5 Å². The van der Waals surface area contributed by atoms with Crippen molar-refractivity contribution in [3.63, 3.8) is 0 Å². The topological polar surface area (TPSA) is 96.5 Å². The lowest BCUT2D eigenvalue weighted by Gasteiger charge is -2.35. The summed E-state index contributed by atoms with van der Waals surface area (Å²) < 4.78 is 6.74. The van der Waals surface area contributed by atoms with Crippen molar-refractivity contribution in [3.05, 3.63) is 81.7 Å². The maximum atomic E-state index is 13.6. The van der Waals surface area contributed by atoms with Crippen LogP contribution in [0.4, 0.5) is 5.69 Å². The van der Waals surface area contributed by atoms with Crippen molar-refractivity contribution >= 4 is 22.5 Å². The summed E-state index contributed by atoms with van der Waals surface area (Å²) in [6.45, 7) is 8.12. The van der Waals surface area contributed by atoms with Gasteiger partial charge in [-0.2, -0.15) is 0 Å². The number of hydrogen-bond acceptors (Lipinski definition) is 7. The molecule has 4 aromatic rings. The second kappa shape index (κ2) is 9.48. The van der Waals surface area contributed by atoms with Gasteiger partial charge in [-0.05, 0) is 62.6 Å². The quantitative estimate of drug-likeness (QED) is 0.436. The van der Waals surface area contributed by atoms with Crippen LogP contribution in [0.25, 0.3) is 16.6 Å². The van der Waals surface area contributed by atoms with Gasteiger partial charge >= 0.3 is 0 Å². The first-order valence-electron chi connectivity index (χ1n) is 12.8. The standard InChI is InChI=1S/C28H30N6O3/c1-18-3-4-20(27(35)30-21-5-6-21)14-26(18)34-17-29-25-8-7-23(15-24(25)28(34)36)33-11-9-32(10-12-33)16-22-13-19(2)37-31-22/h3-4,7-8,13-15,17,21H,5-6,9-12,16H2,1-2H3,(H,30,35). The number of anilines is 1. The minimum Gasteiger partial charge on any atom is -0.369 e. The van der Waals surface area contributed by atoms with E-state index < -0.39 is 0 Å². The highest BCUT2D eigenvalue weighted by molar-refractivity contribution is 5.95. The molecule has 0 atom stereocenters. The molecule has 6 rings (SSSR count). The van der Waals surface area contributed by atoms with Gasteiger partial charge < -0.3 is 14.7 Å². The number of nitrogens with one attached hydrogen (secondary N) is 1. The molecule has 9 heteroatoms. The summed E-state index contributed by atoms with van der Waals surface area (Å²) in [4.78, 5) is 35.4. The van der Waals surface area contributed by atoms with Crippen LogP contribution < -0.4 is 15.8 Å². The van der Waals surface area contributed by atoms with Gasteiger partial charge in [0.15, 0.2) is 0 Å². The Morgan fingerprint density at radius 2 is 1.86 bits per heavy atom. The predicted molar refractivity (Wildman–Crippen MR) is 141 cm³/mol. The van der Waals surface area contributed by atoms with Gasteiger partial charge in [0.05, 0.1) is 22.3 Å². The van der Waals surface area contributed by atoms with Crippen molar-refractivity contribution in [2.45, 2.75) is 39.3 Å². The van der Waals surface area contributed by atoms with Crippen molar-refractivity contribution in [2.75, 3.05) is 31.1 Å². The van der Waals surface area contributed by atoms with Crippen LogP contribution in [-0.2, 0) is 6.54 Å². The number of hydrogen-bond donors (Lipinski definition) is 1. The molecule has 1 N–H and O–H groups in total. The summed E-state index contributed by atoms with van der Waals surface area (Å²) in [5, 5.41) is 7.68. The smallest absolute Gasteiger partial charge is 0.265 e. The maximum Gasteiger partial charge on any atom is 0.265 e. The first-order chi connectivity index (χ1) is 17.9. The van der Waals surface area contributed by atoms with Gasteiger partial charge in [-0.3, -0.25) is 19.1 Å². The molecule has 0 radical (unpaired) electrons. The van der Waals surface area contributed by atoms with Gasteiger partial charge in [-0.1, -0.05) is 11.2 Å². The van der Waals surface area contributed by atoms with Crippen LogP contribution in [0.1, 0.15) is 40.2 Å². The normalized spacial score (nSPS) is 16.3. The first-order valence-corrected chi connectivity index (χ1v) is 12.8. The first kappa shape index (κ1) is 23.4. The van der Waals surface area contributed by atoms with Crippen LogP contribution in [0, 0.1) is 13.8 Å². The van der Waals surface area contributed by atoms with Crippen LogP contribution in [0.5, 0.6) is 0 Å². The van der Waals surface area contributed by atoms with Crippen molar-refractivity contribution < 1.29 is 9.32 Å². The van der Waals surface area contributed by atoms with E-state index in [2.05, 4.69) is 25.3 Å². The van der Waals surface area contributed by atoms with E-state index >= 15 is 0 Å². The Balaban J connectivity index is 1.24. The van der Waals surface area contributed by atoms with E-state index in [9.17, 15) is 9.59 Å². The van der Waals surface area contributed by atoms with Gasteiger partial charge in [-0.15, -0.1) is 0 Å². The number of fused-ring (bicyclic) bond motifs is 1. The number of rotatable bonds is 6. The monoisotopic (exact) mass is 498 g/mol. The van der Waals surface area contributed by atoms with E-state index in [0.717, 1.165) is 68.3 Å². The van der Waals surface area contributed by atoms with Gasteiger partial charge in [0.2, 0.25) is 0 Å². The highest BCUT2D eigenvalue weighted by Gasteiger charge is 2.24. The summed E-state index contributed by atoms with van der Waals surface area (Å²) in [6, 6.07) is 13.6. The minimum absolute atomic E-state index is 0.106. The van der Waals surface area contributed by atoms with E-state index in [1.165, 1.54) is 0 Å². The molecule has 2 aromatic heterocycles. The summed E-state index contributed by atoms with van der Waals surface area (Å²) in [7, 11) is 0. The highest BCUT2D eigenvalue weighted by Crippen LogP contribution is 2.23. The number of amides is 1. The summed E-state index contributed by atoms with van der Waals surface area (Å²) in [5.74, 6) is 0.721. The molecule has 37 heavy (non-hydrogen) atoms. The maximum absolute atomic E-state index is 13.6. The molecule has 2 aromatic carbocycles. The Morgan fingerprint density at radius 1 is 1.05 bits per heavy atom. The molecule has 1 amide bonds. The third kappa shape index (κ3) is 4.86. The molecule has 0 unspecified atom stereocenters. The van der Waals surface area contributed by atoms with Crippen LogP contribution >= 0.6 is 0 Å². The Bertz CT molecular complexity index is 1530. The van der Waals surface area contributed by atoms with Crippen molar-refractivity contribution in [1.82, 2.24) is 24.9 Å². The number of nitrogens with zero attached hydrogens (tertiary/aromatic N) is 5. The van der Waals surface area contributed by atoms with E-state index in [4.69, 9.17) is 4.52 Å². The van der Waals surface area contributed by atoms with Gasteiger partial charge in [0.1, 0.15) is 12.1 Å². The minimum atomic E-state index is -0.144. The second-order valence-electron chi connectivity index (χ2n) is 10.1. The molecular formula is C28H30N6O3. The molecule has 1 saturated carbocycles. The summed E-state index contributed by atoms with van der Waals surface area (Å²) >= 11 is 0. The fourth-order valence-electron chi connectivity index (χ4n) is 4.87. The largest absolute Gasteiger partial charge is 0.369 e. The SMILES string of the molecule is Cc1cc(CN2CCN(c3ccc4ncn(-c5cc(C(=O)NC6CC6)ccc5C)c(=O)c4c3)CC2)no1. The Kier molecular flexibility index (Phi) is 6.00. The third-order valence-electron chi connectivity index (χ3n) is 7.18. The van der Waals surface area contributed by atoms with Crippen molar-refractivity contribution in [2.24, 2.45) is 0 Å². The Morgan fingerprint density at radius 3 is 2.59 bits per heavy atom. The van der Waals surface area contributed by atoms with E-state index in [1.807, 2.05) is 44.2 Å². The predicted octanol–water partition coefficient (Wildman–Crippen LogP) is 3.20. The molecule has 1 aliphatic heterocycles. The molecule has 2 aliphatic rings. The Labute approximate surface area is 214 Å². The molecule has 3 heterocycles. The fourth-order valence-corrected chi connectivity index (χ4v) is 4.87. The number of piperazine rings is 1. The Hall–Kier alpha value is -3.98. The molecule has 9 nitrogen and oxygen atoms in total. The van der Waals surface area contributed by atoms with E-state index in [1.54, 1.807) is 23.0 Å². The number of carbonyl (C=O) groups excluding carboxylic acids is 1. The average Bonchev–Trinajstić information content (AvgIpc) is 3.63. The number of aryl methyl sites for hydroxylation is 2. The molecule has 2 fully saturated rings.